The molecule has 30 heavy (non-hydrogen) atoms. The largest absolute Gasteiger partial charge is 0.301 e. The molecular formula is C21H15ClN4O2S2. The fraction of sp³-hybridized carbons (Fsp3) is 0.143. The summed E-state index contributed by atoms with van der Waals surface area (Å²) in [6.07, 6.45) is 1.47. The molecule has 2 aromatic carbocycles. The summed E-state index contributed by atoms with van der Waals surface area (Å²) in [6, 6.07) is 14.4. The van der Waals surface area contributed by atoms with Crippen molar-refractivity contribution in [3.05, 3.63) is 69.7 Å². The second-order valence-corrected chi connectivity index (χ2v) is 9.41. The standard InChI is InChI=1S/C21H15ClN4O2S2/c22-12-7-5-11(6-8-12)18(27)25-21-24-17-13(9-10-16(17)30-21)19(28)26-20-23-14-3-1-2-4-15(14)29-20/h1-8,13H,9-10H2,(H,23,26,28)(H,24,25,27). The summed E-state index contributed by atoms with van der Waals surface area (Å²) in [5, 5.41) is 7.40. The highest BCUT2D eigenvalue weighted by Gasteiger charge is 2.33. The predicted molar refractivity (Wildman–Crippen MR) is 121 cm³/mol. The van der Waals surface area contributed by atoms with Gasteiger partial charge in [0.25, 0.3) is 5.91 Å². The molecule has 6 nitrogen and oxygen atoms in total. The van der Waals surface area contributed by atoms with E-state index in [1.807, 2.05) is 24.3 Å². The molecule has 0 radical (unpaired) electrons. The van der Waals surface area contributed by atoms with E-state index < -0.39 is 0 Å². The topological polar surface area (TPSA) is 84.0 Å². The Balaban J connectivity index is 1.30. The molecular weight excluding hydrogens is 440 g/mol. The number of hydrogen-bond donors (Lipinski definition) is 2. The van der Waals surface area contributed by atoms with Gasteiger partial charge in [-0.1, -0.05) is 35.1 Å². The van der Waals surface area contributed by atoms with Crippen LogP contribution in [0.4, 0.5) is 10.3 Å². The summed E-state index contributed by atoms with van der Waals surface area (Å²) in [7, 11) is 0. The zero-order chi connectivity index (χ0) is 20.7. The molecule has 9 heteroatoms. The summed E-state index contributed by atoms with van der Waals surface area (Å²) in [4.78, 5) is 35.3. The van der Waals surface area contributed by atoms with Crippen LogP contribution in [0.25, 0.3) is 10.2 Å². The van der Waals surface area contributed by atoms with Gasteiger partial charge in [-0.25, -0.2) is 9.97 Å². The Morgan fingerprint density at radius 1 is 0.967 bits per heavy atom. The fourth-order valence-electron chi connectivity index (χ4n) is 3.42. The molecule has 1 unspecified atom stereocenters. The number of anilines is 2. The van der Waals surface area contributed by atoms with Crippen LogP contribution in [0.2, 0.25) is 5.02 Å². The van der Waals surface area contributed by atoms with Crippen LogP contribution in [0.1, 0.15) is 33.3 Å². The van der Waals surface area contributed by atoms with Crippen LogP contribution in [0.15, 0.2) is 48.5 Å². The van der Waals surface area contributed by atoms with Gasteiger partial charge in [0.05, 0.1) is 21.8 Å². The first kappa shape index (κ1) is 19.2. The zero-order valence-corrected chi connectivity index (χ0v) is 17.9. The van der Waals surface area contributed by atoms with Crippen LogP contribution < -0.4 is 10.6 Å². The van der Waals surface area contributed by atoms with Crippen LogP contribution in [0.5, 0.6) is 0 Å². The lowest BCUT2D eigenvalue weighted by molar-refractivity contribution is -0.117. The van der Waals surface area contributed by atoms with E-state index in [-0.39, 0.29) is 17.7 Å². The van der Waals surface area contributed by atoms with E-state index in [0.717, 1.165) is 27.2 Å². The molecule has 2 aromatic heterocycles. The van der Waals surface area contributed by atoms with Crippen molar-refractivity contribution in [2.45, 2.75) is 18.8 Å². The van der Waals surface area contributed by atoms with Crippen LogP contribution in [-0.4, -0.2) is 21.8 Å². The number of aryl methyl sites for hydroxylation is 1. The summed E-state index contributed by atoms with van der Waals surface area (Å²) < 4.78 is 1.03. The molecule has 2 amide bonds. The summed E-state index contributed by atoms with van der Waals surface area (Å²) >= 11 is 8.74. The lowest BCUT2D eigenvalue weighted by atomic mass is 10.1. The number of rotatable bonds is 4. The quantitative estimate of drug-likeness (QED) is 0.436. The molecule has 1 aliphatic carbocycles. The van der Waals surface area contributed by atoms with E-state index in [2.05, 4.69) is 20.6 Å². The fourth-order valence-corrected chi connectivity index (χ4v) is 5.45. The molecule has 0 saturated heterocycles. The van der Waals surface area contributed by atoms with Crippen molar-refractivity contribution in [3.8, 4) is 0 Å². The number of halogens is 1. The van der Waals surface area contributed by atoms with Crippen LogP contribution in [0, 0.1) is 0 Å². The molecule has 0 saturated carbocycles. The minimum absolute atomic E-state index is 0.117. The van der Waals surface area contributed by atoms with Crippen molar-refractivity contribution in [2.24, 2.45) is 0 Å². The van der Waals surface area contributed by atoms with Crippen LogP contribution in [0.3, 0.4) is 0 Å². The Hall–Kier alpha value is -2.81. The number of hydrogen-bond acceptors (Lipinski definition) is 6. The van der Waals surface area contributed by atoms with Gasteiger partial charge in [0, 0.05) is 15.5 Å². The summed E-state index contributed by atoms with van der Waals surface area (Å²) in [6.45, 7) is 0. The van der Waals surface area contributed by atoms with Crippen molar-refractivity contribution < 1.29 is 9.59 Å². The number of nitrogens with one attached hydrogen (secondary N) is 2. The number of aromatic nitrogens is 2. The number of benzene rings is 2. The van der Waals surface area contributed by atoms with Crippen molar-refractivity contribution >= 4 is 66.6 Å². The summed E-state index contributed by atoms with van der Waals surface area (Å²) in [5.41, 5.74) is 2.11. The normalized spacial score (nSPS) is 15.2. The van der Waals surface area contributed by atoms with Crippen molar-refractivity contribution in [2.75, 3.05) is 10.6 Å². The first-order chi connectivity index (χ1) is 14.6. The van der Waals surface area contributed by atoms with Crippen molar-refractivity contribution in [1.82, 2.24) is 9.97 Å². The number of carbonyl (C=O) groups is 2. The maximum Gasteiger partial charge on any atom is 0.257 e. The molecule has 150 valence electrons. The minimum Gasteiger partial charge on any atom is -0.301 e. The molecule has 0 aliphatic heterocycles. The number of amides is 2. The van der Waals surface area contributed by atoms with Gasteiger partial charge in [-0.05, 0) is 49.2 Å². The van der Waals surface area contributed by atoms with Gasteiger partial charge >= 0.3 is 0 Å². The van der Waals surface area contributed by atoms with E-state index >= 15 is 0 Å². The third-order valence-electron chi connectivity index (χ3n) is 4.89. The Bertz CT molecular complexity index is 1230. The van der Waals surface area contributed by atoms with Crippen molar-refractivity contribution in [3.63, 3.8) is 0 Å². The first-order valence-electron chi connectivity index (χ1n) is 9.30. The number of para-hydroxylation sites is 1. The highest BCUT2D eigenvalue weighted by Crippen LogP contribution is 2.39. The Labute approximate surface area is 184 Å². The molecule has 2 heterocycles. The molecule has 0 spiro atoms. The molecule has 1 atom stereocenters. The molecule has 2 N–H and O–H groups in total. The SMILES string of the molecule is O=C(Nc1nc2c(s1)CCC2C(=O)Nc1nc2ccccc2s1)c1ccc(Cl)cc1. The van der Waals surface area contributed by atoms with Gasteiger partial charge in [-0.2, -0.15) is 0 Å². The molecule has 1 aliphatic rings. The zero-order valence-electron chi connectivity index (χ0n) is 15.5. The Morgan fingerprint density at radius 2 is 1.73 bits per heavy atom. The van der Waals surface area contributed by atoms with Gasteiger partial charge in [-0.3, -0.25) is 14.9 Å². The average molecular weight is 455 g/mol. The second kappa shape index (κ2) is 7.79. The third kappa shape index (κ3) is 3.69. The maximum atomic E-state index is 12.9. The average Bonchev–Trinajstić information content (AvgIpc) is 3.41. The molecule has 0 fully saturated rings. The minimum atomic E-state index is -0.343. The lowest BCUT2D eigenvalue weighted by Gasteiger charge is -2.08. The van der Waals surface area contributed by atoms with Gasteiger partial charge in [0.1, 0.15) is 0 Å². The van der Waals surface area contributed by atoms with Crippen LogP contribution in [-0.2, 0) is 11.2 Å². The number of fused-ring (bicyclic) bond motifs is 2. The van der Waals surface area contributed by atoms with Gasteiger partial charge < -0.3 is 5.32 Å². The monoisotopic (exact) mass is 454 g/mol. The molecule has 4 aromatic rings. The van der Waals surface area contributed by atoms with E-state index in [0.29, 0.717) is 27.3 Å². The van der Waals surface area contributed by atoms with Gasteiger partial charge in [-0.15, -0.1) is 11.3 Å². The maximum absolute atomic E-state index is 12.9. The second-order valence-electron chi connectivity index (χ2n) is 6.86. The van der Waals surface area contributed by atoms with Crippen LogP contribution >= 0.6 is 34.3 Å². The highest BCUT2D eigenvalue weighted by atomic mass is 35.5. The molecule has 5 rings (SSSR count). The van der Waals surface area contributed by atoms with E-state index in [4.69, 9.17) is 11.6 Å². The summed E-state index contributed by atoms with van der Waals surface area (Å²) in [5.74, 6) is -0.715. The lowest BCUT2D eigenvalue weighted by Crippen LogP contribution is -2.20. The van der Waals surface area contributed by atoms with E-state index in [1.54, 1.807) is 24.3 Å². The Kier molecular flexibility index (Phi) is 4.98. The van der Waals surface area contributed by atoms with Gasteiger partial charge in [0.15, 0.2) is 10.3 Å². The highest BCUT2D eigenvalue weighted by molar-refractivity contribution is 7.22. The first-order valence-corrected chi connectivity index (χ1v) is 11.3. The van der Waals surface area contributed by atoms with Crippen molar-refractivity contribution in [1.29, 1.82) is 0 Å². The smallest absolute Gasteiger partial charge is 0.257 e. The third-order valence-corrected chi connectivity index (χ3v) is 7.14. The Morgan fingerprint density at radius 3 is 2.53 bits per heavy atom. The predicted octanol–water partition coefficient (Wildman–Crippen LogP) is 5.33. The number of carbonyl (C=O) groups excluding carboxylic acids is 2. The number of thiazole rings is 2. The van der Waals surface area contributed by atoms with Gasteiger partial charge in [0.2, 0.25) is 5.91 Å². The van der Waals surface area contributed by atoms with E-state index in [9.17, 15) is 9.59 Å². The number of nitrogens with zero attached hydrogens (tertiary/aromatic N) is 2. The van der Waals surface area contributed by atoms with E-state index in [1.165, 1.54) is 22.7 Å². The molecule has 0 bridgehead atoms.